The molecule has 0 aliphatic heterocycles. The molecule has 0 spiro atoms. The van der Waals surface area contributed by atoms with E-state index in [2.05, 4.69) is 20.9 Å². The molecule has 0 fully saturated rings. The monoisotopic (exact) mass is 327 g/mol. The zero-order chi connectivity index (χ0) is 13.3. The van der Waals surface area contributed by atoms with Crippen molar-refractivity contribution in [1.82, 2.24) is 14.1 Å². The summed E-state index contributed by atoms with van der Waals surface area (Å²) in [6, 6.07) is 0. The summed E-state index contributed by atoms with van der Waals surface area (Å²) >= 11 is 4.78. The van der Waals surface area contributed by atoms with Crippen molar-refractivity contribution in [3.05, 3.63) is 47.6 Å². The van der Waals surface area contributed by atoms with Crippen LogP contribution in [0.25, 0.3) is 12.2 Å². The lowest BCUT2D eigenvalue weighted by molar-refractivity contribution is 0.683. The largest absolute Gasteiger partial charge is 0.330 e. The summed E-state index contributed by atoms with van der Waals surface area (Å²) < 4.78 is 3.38. The van der Waals surface area contributed by atoms with Gasteiger partial charge in [-0.05, 0) is 28.1 Å². The van der Waals surface area contributed by atoms with Crippen LogP contribution in [-0.4, -0.2) is 14.1 Å². The number of aromatic nitrogens is 3. The Morgan fingerprint density at radius 2 is 2.06 bits per heavy atom. The number of rotatable bonds is 2. The standard InChI is InChI=1S/C11H10BrN3O2S/c1-14-6-7(10(16)15(2)11(14)17)3-4-9-13-5-8(12)18-9/h3-6H,1-2H3. The van der Waals surface area contributed by atoms with E-state index in [1.165, 1.54) is 29.1 Å². The molecule has 0 bridgehead atoms. The Bertz CT molecular complexity index is 727. The van der Waals surface area contributed by atoms with E-state index in [1.807, 2.05) is 0 Å². The first kappa shape index (κ1) is 13.0. The van der Waals surface area contributed by atoms with Gasteiger partial charge >= 0.3 is 5.69 Å². The molecule has 5 nitrogen and oxygen atoms in total. The summed E-state index contributed by atoms with van der Waals surface area (Å²) in [5, 5.41) is 0.790. The average Bonchev–Trinajstić information content (AvgIpc) is 2.75. The predicted octanol–water partition coefficient (Wildman–Crippen LogP) is 1.47. The van der Waals surface area contributed by atoms with Gasteiger partial charge in [-0.3, -0.25) is 9.36 Å². The molecule has 2 aromatic heterocycles. The number of nitrogens with zero attached hydrogens (tertiary/aromatic N) is 3. The van der Waals surface area contributed by atoms with E-state index < -0.39 is 0 Å². The van der Waals surface area contributed by atoms with Gasteiger partial charge in [0.25, 0.3) is 5.56 Å². The maximum atomic E-state index is 11.8. The van der Waals surface area contributed by atoms with Gasteiger partial charge in [0.05, 0.1) is 15.5 Å². The molecule has 0 aliphatic carbocycles. The van der Waals surface area contributed by atoms with Gasteiger partial charge in [0, 0.05) is 20.3 Å². The third-order valence-electron chi connectivity index (χ3n) is 2.37. The quantitative estimate of drug-likeness (QED) is 0.839. The first-order chi connectivity index (χ1) is 8.49. The molecular formula is C11H10BrN3O2S. The molecule has 0 unspecified atom stereocenters. The van der Waals surface area contributed by atoms with E-state index in [0.29, 0.717) is 5.56 Å². The minimum atomic E-state index is -0.339. The molecule has 0 amide bonds. The third kappa shape index (κ3) is 2.51. The number of halogens is 1. The van der Waals surface area contributed by atoms with Crippen molar-refractivity contribution in [2.24, 2.45) is 14.1 Å². The van der Waals surface area contributed by atoms with Crippen LogP contribution in [0.15, 0.2) is 25.8 Å². The van der Waals surface area contributed by atoms with Crippen LogP contribution < -0.4 is 11.2 Å². The Hall–Kier alpha value is -1.47. The second kappa shape index (κ2) is 5.03. The Kier molecular flexibility index (Phi) is 3.63. The fourth-order valence-electron chi connectivity index (χ4n) is 1.46. The molecule has 0 saturated carbocycles. The summed E-state index contributed by atoms with van der Waals surface area (Å²) in [5.74, 6) is 0. The first-order valence-corrected chi connectivity index (χ1v) is 6.66. The van der Waals surface area contributed by atoms with Crippen LogP contribution in [0, 0.1) is 0 Å². The molecule has 94 valence electrons. The minimum Gasteiger partial charge on any atom is -0.303 e. The van der Waals surface area contributed by atoms with E-state index in [-0.39, 0.29) is 11.2 Å². The normalized spacial score (nSPS) is 11.3. The predicted molar refractivity (Wildman–Crippen MR) is 75.7 cm³/mol. The van der Waals surface area contributed by atoms with Crippen LogP contribution in [-0.2, 0) is 14.1 Å². The van der Waals surface area contributed by atoms with Gasteiger partial charge in [0.15, 0.2) is 0 Å². The van der Waals surface area contributed by atoms with Crippen molar-refractivity contribution >= 4 is 39.4 Å². The number of hydrogen-bond acceptors (Lipinski definition) is 4. The molecule has 2 heterocycles. The second-order valence-electron chi connectivity index (χ2n) is 3.68. The van der Waals surface area contributed by atoms with Gasteiger partial charge in [0.2, 0.25) is 0 Å². The number of thiazole rings is 1. The smallest absolute Gasteiger partial charge is 0.303 e. The fourth-order valence-corrected chi connectivity index (χ4v) is 2.60. The van der Waals surface area contributed by atoms with Crippen molar-refractivity contribution in [3.8, 4) is 0 Å². The van der Waals surface area contributed by atoms with Crippen molar-refractivity contribution < 1.29 is 0 Å². The SMILES string of the molecule is Cn1cc(C=Cc2ncc(Br)s2)c(=O)n(C)c1=O. The van der Waals surface area contributed by atoms with Crippen molar-refractivity contribution in [1.29, 1.82) is 0 Å². The molecule has 2 aromatic rings. The van der Waals surface area contributed by atoms with E-state index in [9.17, 15) is 9.59 Å². The van der Waals surface area contributed by atoms with Gasteiger partial charge in [-0.15, -0.1) is 11.3 Å². The van der Waals surface area contributed by atoms with Gasteiger partial charge < -0.3 is 4.57 Å². The van der Waals surface area contributed by atoms with Gasteiger partial charge in [-0.25, -0.2) is 9.78 Å². The van der Waals surface area contributed by atoms with Gasteiger partial charge in [-0.1, -0.05) is 0 Å². The van der Waals surface area contributed by atoms with Crippen LogP contribution >= 0.6 is 27.3 Å². The number of aryl methyl sites for hydroxylation is 1. The van der Waals surface area contributed by atoms with E-state index >= 15 is 0 Å². The van der Waals surface area contributed by atoms with Crippen LogP contribution in [0.3, 0.4) is 0 Å². The van der Waals surface area contributed by atoms with E-state index in [4.69, 9.17) is 0 Å². The molecule has 0 radical (unpaired) electrons. The first-order valence-electron chi connectivity index (χ1n) is 5.05. The van der Waals surface area contributed by atoms with Gasteiger partial charge in [0.1, 0.15) is 5.01 Å². The molecule has 0 aliphatic rings. The van der Waals surface area contributed by atoms with E-state index in [0.717, 1.165) is 13.4 Å². The highest BCUT2D eigenvalue weighted by molar-refractivity contribution is 9.11. The highest BCUT2D eigenvalue weighted by Crippen LogP contribution is 2.20. The molecule has 0 N–H and O–H groups in total. The second-order valence-corrected chi connectivity index (χ2v) is 6.12. The number of hydrogen-bond donors (Lipinski definition) is 0. The molecule has 0 aromatic carbocycles. The minimum absolute atomic E-state index is 0.315. The topological polar surface area (TPSA) is 56.9 Å². The van der Waals surface area contributed by atoms with Crippen LogP contribution in [0.2, 0.25) is 0 Å². The molecule has 0 saturated heterocycles. The summed E-state index contributed by atoms with van der Waals surface area (Å²) in [6.07, 6.45) is 6.62. The lowest BCUT2D eigenvalue weighted by atomic mass is 10.3. The highest BCUT2D eigenvalue weighted by atomic mass is 79.9. The average molecular weight is 328 g/mol. The molecule has 0 atom stereocenters. The van der Waals surface area contributed by atoms with Crippen LogP contribution in [0.4, 0.5) is 0 Å². The molecular weight excluding hydrogens is 318 g/mol. The molecule has 18 heavy (non-hydrogen) atoms. The molecule has 2 rings (SSSR count). The third-order valence-corrected chi connectivity index (χ3v) is 3.82. The Morgan fingerprint density at radius 3 is 2.67 bits per heavy atom. The maximum absolute atomic E-state index is 11.8. The Labute approximate surface area is 115 Å². The van der Waals surface area contributed by atoms with Crippen LogP contribution in [0.1, 0.15) is 10.6 Å². The van der Waals surface area contributed by atoms with Gasteiger partial charge in [-0.2, -0.15) is 0 Å². The lowest BCUT2D eigenvalue weighted by Gasteiger charge is -2.02. The zero-order valence-electron chi connectivity index (χ0n) is 9.75. The highest BCUT2D eigenvalue weighted by Gasteiger charge is 2.04. The summed E-state index contributed by atoms with van der Waals surface area (Å²) in [5.41, 5.74) is -0.204. The summed E-state index contributed by atoms with van der Waals surface area (Å²) in [7, 11) is 3.07. The summed E-state index contributed by atoms with van der Waals surface area (Å²) in [4.78, 5) is 27.5. The molecule has 7 heteroatoms. The summed E-state index contributed by atoms with van der Waals surface area (Å²) in [6.45, 7) is 0. The van der Waals surface area contributed by atoms with E-state index in [1.54, 1.807) is 25.4 Å². The van der Waals surface area contributed by atoms with Crippen molar-refractivity contribution in [3.63, 3.8) is 0 Å². The van der Waals surface area contributed by atoms with Crippen LogP contribution in [0.5, 0.6) is 0 Å². The van der Waals surface area contributed by atoms with Crippen molar-refractivity contribution in [2.75, 3.05) is 0 Å². The maximum Gasteiger partial charge on any atom is 0.330 e. The fraction of sp³-hybridized carbons (Fsp3) is 0.182. The van der Waals surface area contributed by atoms with Crippen molar-refractivity contribution in [2.45, 2.75) is 0 Å². The Morgan fingerprint density at radius 1 is 1.33 bits per heavy atom. The zero-order valence-corrected chi connectivity index (χ0v) is 12.2. The Balaban J connectivity index is 2.44. The lowest BCUT2D eigenvalue weighted by Crippen LogP contribution is -2.37.